The monoisotopic (exact) mass is 485 g/mol. The zero-order valence-corrected chi connectivity index (χ0v) is 18.4. The number of aromatic nitrogens is 6. The number of nitrogens with zero attached hydrogens (tertiary/aromatic N) is 6. The average Bonchev–Trinajstić information content (AvgIpc) is 3.36. The normalized spacial score (nSPS) is 10.7. The lowest BCUT2D eigenvalue weighted by Crippen LogP contribution is -2.19. The number of hydrogen-bond acceptors (Lipinski definition) is 7. The third kappa shape index (κ3) is 4.55. The fourth-order valence-corrected chi connectivity index (χ4v) is 3.49. The lowest BCUT2D eigenvalue weighted by molar-refractivity contribution is 0.262. The van der Waals surface area contributed by atoms with Crippen LogP contribution in [0.2, 0.25) is 0 Å². The van der Waals surface area contributed by atoms with Crippen molar-refractivity contribution in [2.24, 2.45) is 0 Å². The van der Waals surface area contributed by atoms with Crippen LogP contribution in [0.25, 0.3) is 28.2 Å². The number of pyridine rings is 2. The van der Waals surface area contributed by atoms with Crippen LogP contribution in [-0.4, -0.2) is 36.2 Å². The predicted molar refractivity (Wildman–Crippen MR) is 129 cm³/mol. The van der Waals surface area contributed by atoms with E-state index >= 15 is 0 Å². The summed E-state index contributed by atoms with van der Waals surface area (Å²) in [5, 5.41) is 16.8. The molecule has 0 saturated heterocycles. The van der Waals surface area contributed by atoms with Gasteiger partial charge in [0.25, 0.3) is 0 Å². The summed E-state index contributed by atoms with van der Waals surface area (Å²) in [7, 11) is 0. The third-order valence-electron chi connectivity index (χ3n) is 5.16. The third-order valence-corrected chi connectivity index (χ3v) is 5.16. The molecule has 0 aliphatic heterocycles. The summed E-state index contributed by atoms with van der Waals surface area (Å²) in [5.74, 6) is -1.96. The van der Waals surface area contributed by atoms with Gasteiger partial charge in [-0.3, -0.25) is 4.98 Å². The zero-order valence-electron chi connectivity index (χ0n) is 18.4. The van der Waals surface area contributed by atoms with E-state index < -0.39 is 17.7 Å². The Bertz CT molecular complexity index is 1560. The minimum Gasteiger partial charge on any atom is -0.383 e. The molecule has 178 valence electrons. The molecule has 0 aliphatic rings. The van der Waals surface area contributed by atoms with E-state index in [1.165, 1.54) is 18.3 Å². The van der Waals surface area contributed by atoms with E-state index in [9.17, 15) is 13.6 Å². The van der Waals surface area contributed by atoms with Crippen molar-refractivity contribution in [1.29, 1.82) is 0 Å². The molecule has 0 saturated carbocycles. The van der Waals surface area contributed by atoms with Gasteiger partial charge in [-0.05, 0) is 58.5 Å². The van der Waals surface area contributed by atoms with Crippen LogP contribution in [0.3, 0.4) is 0 Å². The molecule has 0 bridgehead atoms. The number of nitrogens with two attached hydrogens (primary N) is 1. The van der Waals surface area contributed by atoms with E-state index in [1.54, 1.807) is 48.8 Å². The van der Waals surface area contributed by atoms with Crippen molar-refractivity contribution >= 4 is 23.2 Å². The highest BCUT2D eigenvalue weighted by molar-refractivity contribution is 6.00. The molecule has 10 nitrogen and oxygen atoms in total. The maximum Gasteiger partial charge on any atom is 0.323 e. The molecule has 2 amide bonds. The Labute approximate surface area is 202 Å². The van der Waals surface area contributed by atoms with Gasteiger partial charge in [0.2, 0.25) is 0 Å². The number of nitrogens with one attached hydrogen (secondary N) is 2. The molecule has 0 atom stereocenters. The number of rotatable bonds is 5. The quantitative estimate of drug-likeness (QED) is 0.338. The van der Waals surface area contributed by atoms with Crippen LogP contribution in [0, 0.1) is 11.6 Å². The second-order valence-corrected chi connectivity index (χ2v) is 7.55. The molecule has 0 fully saturated rings. The van der Waals surface area contributed by atoms with Gasteiger partial charge in [0.1, 0.15) is 11.5 Å². The van der Waals surface area contributed by atoms with Gasteiger partial charge in [0, 0.05) is 23.6 Å². The van der Waals surface area contributed by atoms with Crippen LogP contribution in [0.1, 0.15) is 0 Å². The standard InChI is InChI=1S/C24H17F2N9O/c25-19-7-2-8-20(21(19)26)35-23(32-33-34-35)18-11-15(12-29-22(18)27)14-4-1-5-16(10-14)30-24(36)31-17-6-3-9-28-13-17/h1-13H,(H2,27,29)(H2,30,31,36). The van der Waals surface area contributed by atoms with Crippen molar-refractivity contribution in [3.05, 3.63) is 90.9 Å². The maximum atomic E-state index is 14.4. The van der Waals surface area contributed by atoms with E-state index in [0.717, 1.165) is 10.7 Å². The summed E-state index contributed by atoms with van der Waals surface area (Å²) in [6.45, 7) is 0. The van der Waals surface area contributed by atoms with Gasteiger partial charge in [-0.1, -0.05) is 18.2 Å². The number of urea groups is 1. The maximum absolute atomic E-state index is 14.4. The second-order valence-electron chi connectivity index (χ2n) is 7.55. The number of amides is 2. The molecule has 0 radical (unpaired) electrons. The van der Waals surface area contributed by atoms with Crippen molar-refractivity contribution in [2.75, 3.05) is 16.4 Å². The first-order chi connectivity index (χ1) is 17.5. The van der Waals surface area contributed by atoms with Gasteiger partial charge in [-0.15, -0.1) is 5.10 Å². The molecule has 5 aromatic rings. The van der Waals surface area contributed by atoms with Crippen molar-refractivity contribution in [3.8, 4) is 28.2 Å². The summed E-state index contributed by atoms with van der Waals surface area (Å²) >= 11 is 0. The Balaban J connectivity index is 1.45. The van der Waals surface area contributed by atoms with Crippen molar-refractivity contribution in [3.63, 3.8) is 0 Å². The minimum absolute atomic E-state index is 0.0801. The summed E-state index contributed by atoms with van der Waals surface area (Å²) < 4.78 is 29.3. The lowest BCUT2D eigenvalue weighted by Gasteiger charge is -2.11. The van der Waals surface area contributed by atoms with Crippen molar-refractivity contribution in [1.82, 2.24) is 30.2 Å². The Kier molecular flexibility index (Phi) is 5.97. The predicted octanol–water partition coefficient (Wildman–Crippen LogP) is 4.29. The molecule has 0 aliphatic carbocycles. The highest BCUT2D eigenvalue weighted by Crippen LogP contribution is 2.31. The number of hydrogen-bond donors (Lipinski definition) is 3. The first-order valence-corrected chi connectivity index (χ1v) is 10.6. The van der Waals surface area contributed by atoms with Crippen LogP contribution >= 0.6 is 0 Å². The number of nitrogen functional groups attached to an aromatic ring is 1. The number of carbonyl (C=O) groups is 1. The molecular formula is C24H17F2N9O. The highest BCUT2D eigenvalue weighted by atomic mass is 19.2. The molecule has 4 N–H and O–H groups in total. The Morgan fingerprint density at radius 2 is 1.72 bits per heavy atom. The summed E-state index contributed by atoms with van der Waals surface area (Å²) in [6.07, 6.45) is 4.68. The first-order valence-electron chi connectivity index (χ1n) is 10.6. The van der Waals surface area contributed by atoms with E-state index in [0.29, 0.717) is 28.1 Å². The van der Waals surface area contributed by atoms with Gasteiger partial charge in [0.05, 0.1) is 17.4 Å². The Hall–Kier alpha value is -5.26. The molecular weight excluding hydrogens is 468 g/mol. The molecule has 5 rings (SSSR count). The Morgan fingerprint density at radius 1 is 0.917 bits per heavy atom. The smallest absolute Gasteiger partial charge is 0.323 e. The molecule has 0 spiro atoms. The summed E-state index contributed by atoms with van der Waals surface area (Å²) in [6, 6.07) is 15.4. The molecule has 36 heavy (non-hydrogen) atoms. The highest BCUT2D eigenvalue weighted by Gasteiger charge is 2.19. The topological polar surface area (TPSA) is 137 Å². The van der Waals surface area contributed by atoms with Gasteiger partial charge in [0.15, 0.2) is 17.5 Å². The van der Waals surface area contributed by atoms with Crippen LogP contribution < -0.4 is 16.4 Å². The van der Waals surface area contributed by atoms with Crippen molar-refractivity contribution < 1.29 is 13.6 Å². The summed E-state index contributed by atoms with van der Waals surface area (Å²) in [5.41, 5.74) is 8.63. The first kappa shape index (κ1) is 22.5. The lowest BCUT2D eigenvalue weighted by atomic mass is 10.0. The van der Waals surface area contributed by atoms with E-state index in [-0.39, 0.29) is 17.3 Å². The number of carbonyl (C=O) groups excluding carboxylic acids is 1. The fourth-order valence-electron chi connectivity index (χ4n) is 3.49. The van der Waals surface area contributed by atoms with Crippen LogP contribution in [-0.2, 0) is 0 Å². The van der Waals surface area contributed by atoms with E-state index in [4.69, 9.17) is 5.73 Å². The van der Waals surface area contributed by atoms with Gasteiger partial charge in [-0.2, -0.15) is 4.68 Å². The molecule has 3 aromatic heterocycles. The molecule has 12 heteroatoms. The second kappa shape index (κ2) is 9.54. The Morgan fingerprint density at radius 3 is 2.56 bits per heavy atom. The molecule has 0 unspecified atom stereocenters. The van der Waals surface area contributed by atoms with Crippen LogP contribution in [0.15, 0.2) is 79.3 Å². The van der Waals surface area contributed by atoms with Crippen LogP contribution in [0.5, 0.6) is 0 Å². The van der Waals surface area contributed by atoms with Gasteiger partial charge >= 0.3 is 6.03 Å². The van der Waals surface area contributed by atoms with Gasteiger partial charge in [-0.25, -0.2) is 18.6 Å². The number of halogens is 2. The number of tetrazole rings is 1. The van der Waals surface area contributed by atoms with Crippen LogP contribution in [0.4, 0.5) is 30.8 Å². The van der Waals surface area contributed by atoms with Gasteiger partial charge < -0.3 is 16.4 Å². The summed E-state index contributed by atoms with van der Waals surface area (Å²) in [4.78, 5) is 20.5. The zero-order chi connectivity index (χ0) is 25.1. The number of anilines is 3. The van der Waals surface area contributed by atoms with Crippen molar-refractivity contribution in [2.45, 2.75) is 0 Å². The number of benzene rings is 2. The van der Waals surface area contributed by atoms with E-state index in [1.807, 2.05) is 6.07 Å². The minimum atomic E-state index is -1.10. The van der Waals surface area contributed by atoms with E-state index in [2.05, 4.69) is 36.1 Å². The average molecular weight is 485 g/mol. The fraction of sp³-hybridized carbons (Fsp3) is 0. The largest absolute Gasteiger partial charge is 0.383 e. The SMILES string of the molecule is Nc1ncc(-c2cccc(NC(=O)Nc3cccnc3)c2)cc1-c1nnnn1-c1cccc(F)c1F. The molecule has 2 aromatic carbocycles. The molecule has 3 heterocycles.